The fourth-order valence-electron chi connectivity index (χ4n) is 0.933. The fraction of sp³-hybridized carbons (Fsp3) is 0.727. The van der Waals surface area contributed by atoms with Gasteiger partial charge in [0.2, 0.25) is 0 Å². The van der Waals surface area contributed by atoms with E-state index in [1.807, 2.05) is 11.8 Å². The molecule has 80 valence electrons. The molecule has 1 rings (SSSR count). The molecule has 1 heterocycles. The van der Waals surface area contributed by atoms with E-state index in [0.29, 0.717) is 0 Å². The number of thioether (sulfide) groups is 1. The van der Waals surface area contributed by atoms with Gasteiger partial charge in [-0.05, 0) is 28.9 Å². The average Bonchev–Trinajstić information content (AvgIpc) is 2.47. The largest absolute Gasteiger partial charge is 0.186 e. The van der Waals surface area contributed by atoms with Crippen LogP contribution < -0.4 is 0 Å². The molecule has 3 heteroatoms. The van der Waals surface area contributed by atoms with Gasteiger partial charge in [0.1, 0.15) is 5.03 Å². The minimum Gasteiger partial charge on any atom is -0.186 e. The van der Waals surface area contributed by atoms with Crippen LogP contribution in [0, 0.1) is 5.92 Å². The quantitative estimate of drug-likeness (QED) is 0.721. The first-order valence-corrected chi connectivity index (χ1v) is 6.75. The van der Waals surface area contributed by atoms with Gasteiger partial charge in [-0.15, -0.1) is 11.8 Å². The van der Waals surface area contributed by atoms with Gasteiger partial charge in [-0.2, -0.15) is 4.37 Å². The number of hydrogen-bond donors (Lipinski definition) is 0. The summed E-state index contributed by atoms with van der Waals surface area (Å²) in [5.74, 6) is 1.90. The molecule has 0 atom stereocenters. The Morgan fingerprint density at radius 3 is 2.50 bits per heavy atom. The van der Waals surface area contributed by atoms with E-state index in [2.05, 4.69) is 45.1 Å². The number of nitrogens with zero attached hydrogens (tertiary/aromatic N) is 1. The Morgan fingerprint density at radius 2 is 2.07 bits per heavy atom. The van der Waals surface area contributed by atoms with Gasteiger partial charge in [0, 0.05) is 10.6 Å². The summed E-state index contributed by atoms with van der Waals surface area (Å²) >= 11 is 3.50. The predicted octanol–water partition coefficient (Wildman–Crippen LogP) is 4.19. The first-order chi connectivity index (χ1) is 6.39. The van der Waals surface area contributed by atoms with Gasteiger partial charge < -0.3 is 0 Å². The Bertz CT molecular complexity index is 284. The molecule has 1 nitrogen and oxygen atoms in total. The van der Waals surface area contributed by atoms with E-state index in [0.717, 1.165) is 11.7 Å². The van der Waals surface area contributed by atoms with Gasteiger partial charge >= 0.3 is 0 Å². The molecule has 0 aliphatic heterocycles. The molecule has 0 aromatic carbocycles. The molecule has 0 spiro atoms. The summed E-state index contributed by atoms with van der Waals surface area (Å²) in [5, 5.41) is 1.19. The van der Waals surface area contributed by atoms with Crippen LogP contribution in [0.25, 0.3) is 0 Å². The number of rotatable bonds is 3. The fourth-order valence-corrected chi connectivity index (χ4v) is 2.71. The van der Waals surface area contributed by atoms with Crippen LogP contribution >= 0.6 is 23.3 Å². The average molecular weight is 229 g/mol. The zero-order chi connectivity index (χ0) is 10.8. The van der Waals surface area contributed by atoms with Crippen LogP contribution in [-0.4, -0.2) is 10.1 Å². The third-order valence-corrected chi connectivity index (χ3v) is 4.46. The zero-order valence-corrected chi connectivity index (χ0v) is 11.3. The van der Waals surface area contributed by atoms with Crippen molar-refractivity contribution in [2.75, 3.05) is 5.75 Å². The standard InChI is InChI=1S/C11H19NS2/c1-8(2)7-13-10-6-9(14-12-10)11(3,4)5/h6,8H,7H2,1-5H3. The van der Waals surface area contributed by atoms with Crippen LogP contribution in [0.3, 0.4) is 0 Å². The van der Waals surface area contributed by atoms with Crippen molar-refractivity contribution in [2.24, 2.45) is 5.92 Å². The normalized spacial score (nSPS) is 12.4. The lowest BCUT2D eigenvalue weighted by molar-refractivity contribution is 0.603. The van der Waals surface area contributed by atoms with Crippen molar-refractivity contribution >= 4 is 23.3 Å². The Labute approximate surface area is 95.5 Å². The van der Waals surface area contributed by atoms with Crippen molar-refractivity contribution < 1.29 is 0 Å². The molecular weight excluding hydrogens is 210 g/mol. The lowest BCUT2D eigenvalue weighted by Crippen LogP contribution is -2.07. The molecule has 0 bridgehead atoms. The third-order valence-electron chi connectivity index (χ3n) is 1.79. The summed E-state index contributed by atoms with van der Waals surface area (Å²) < 4.78 is 4.46. The van der Waals surface area contributed by atoms with Crippen molar-refractivity contribution in [3.63, 3.8) is 0 Å². The first kappa shape index (κ1) is 12.1. The second-order valence-corrected chi connectivity index (χ2v) is 6.83. The van der Waals surface area contributed by atoms with Crippen molar-refractivity contribution in [2.45, 2.75) is 45.1 Å². The van der Waals surface area contributed by atoms with Crippen LogP contribution in [0.4, 0.5) is 0 Å². The topological polar surface area (TPSA) is 12.9 Å². The Balaban J connectivity index is 2.60. The van der Waals surface area contributed by atoms with Crippen LogP contribution in [0.1, 0.15) is 39.5 Å². The molecule has 1 aromatic rings. The molecule has 0 N–H and O–H groups in total. The maximum absolute atomic E-state index is 4.46. The third kappa shape index (κ3) is 3.62. The van der Waals surface area contributed by atoms with Crippen molar-refractivity contribution in [1.29, 1.82) is 0 Å². The van der Waals surface area contributed by atoms with Crippen molar-refractivity contribution in [3.8, 4) is 0 Å². The molecule has 0 aliphatic rings. The molecule has 0 saturated heterocycles. The van der Waals surface area contributed by atoms with E-state index in [9.17, 15) is 0 Å². The Hall–Kier alpha value is -0.0200. The second-order valence-electron chi connectivity index (χ2n) is 4.98. The summed E-state index contributed by atoms with van der Waals surface area (Å²) in [5.41, 5.74) is 0.244. The van der Waals surface area contributed by atoms with Gasteiger partial charge in [0.25, 0.3) is 0 Å². The van der Waals surface area contributed by atoms with Crippen molar-refractivity contribution in [1.82, 2.24) is 4.37 Å². The van der Waals surface area contributed by atoms with Crippen LogP contribution in [-0.2, 0) is 5.41 Å². The Kier molecular flexibility index (Phi) is 4.02. The Morgan fingerprint density at radius 1 is 1.43 bits per heavy atom. The van der Waals surface area contributed by atoms with Gasteiger partial charge in [-0.3, -0.25) is 0 Å². The highest BCUT2D eigenvalue weighted by atomic mass is 32.2. The SMILES string of the molecule is CC(C)CSc1cc(C(C)(C)C)sn1. The zero-order valence-electron chi connectivity index (χ0n) is 9.63. The molecule has 0 aliphatic carbocycles. The van der Waals surface area contributed by atoms with E-state index in [4.69, 9.17) is 0 Å². The number of hydrogen-bond acceptors (Lipinski definition) is 3. The van der Waals surface area contributed by atoms with E-state index >= 15 is 0 Å². The second kappa shape index (κ2) is 4.67. The van der Waals surface area contributed by atoms with Crippen LogP contribution in [0.2, 0.25) is 0 Å². The monoisotopic (exact) mass is 229 g/mol. The maximum atomic E-state index is 4.46. The van der Waals surface area contributed by atoms with E-state index in [-0.39, 0.29) is 5.41 Å². The summed E-state index contributed by atoms with van der Waals surface area (Å²) in [4.78, 5) is 1.38. The maximum Gasteiger partial charge on any atom is 0.110 e. The summed E-state index contributed by atoms with van der Waals surface area (Å²) in [6.07, 6.45) is 0. The molecule has 1 aromatic heterocycles. The van der Waals surface area contributed by atoms with E-state index < -0.39 is 0 Å². The van der Waals surface area contributed by atoms with Gasteiger partial charge in [0.15, 0.2) is 0 Å². The first-order valence-electron chi connectivity index (χ1n) is 4.99. The lowest BCUT2D eigenvalue weighted by Gasteiger charge is -2.14. The van der Waals surface area contributed by atoms with Crippen LogP contribution in [0.15, 0.2) is 11.1 Å². The highest BCUT2D eigenvalue weighted by molar-refractivity contribution is 7.99. The highest BCUT2D eigenvalue weighted by Gasteiger charge is 2.17. The van der Waals surface area contributed by atoms with E-state index in [1.54, 1.807) is 11.5 Å². The van der Waals surface area contributed by atoms with Gasteiger partial charge in [0.05, 0.1) is 0 Å². The van der Waals surface area contributed by atoms with Crippen molar-refractivity contribution in [3.05, 3.63) is 10.9 Å². The molecule has 0 saturated carbocycles. The molecular formula is C11H19NS2. The molecule has 0 amide bonds. The molecule has 0 unspecified atom stereocenters. The minimum absolute atomic E-state index is 0.244. The molecule has 0 fully saturated rings. The van der Waals surface area contributed by atoms with Gasteiger partial charge in [-0.1, -0.05) is 34.6 Å². The molecule has 14 heavy (non-hydrogen) atoms. The van der Waals surface area contributed by atoms with E-state index in [1.165, 1.54) is 9.90 Å². The lowest BCUT2D eigenvalue weighted by atomic mass is 9.95. The molecule has 0 radical (unpaired) electrons. The summed E-state index contributed by atoms with van der Waals surface area (Å²) in [6.45, 7) is 11.2. The highest BCUT2D eigenvalue weighted by Crippen LogP contribution is 2.30. The summed E-state index contributed by atoms with van der Waals surface area (Å²) in [7, 11) is 0. The van der Waals surface area contributed by atoms with Gasteiger partial charge in [-0.25, -0.2) is 0 Å². The number of aromatic nitrogens is 1. The smallest absolute Gasteiger partial charge is 0.110 e. The summed E-state index contributed by atoms with van der Waals surface area (Å²) in [6, 6.07) is 2.23. The predicted molar refractivity (Wildman–Crippen MR) is 66.4 cm³/mol. The van der Waals surface area contributed by atoms with Crippen LogP contribution in [0.5, 0.6) is 0 Å². The minimum atomic E-state index is 0.244.